The zero-order valence-electron chi connectivity index (χ0n) is 16.2. The Morgan fingerprint density at radius 1 is 0.964 bits per heavy atom. The minimum atomic E-state index is -0.431. The van der Waals surface area contributed by atoms with Crippen LogP contribution in [0.1, 0.15) is 50.9 Å². The number of hydrogen-bond acceptors (Lipinski definition) is 4. The first-order chi connectivity index (χ1) is 13.6. The van der Waals surface area contributed by atoms with Gasteiger partial charge in [0.05, 0.1) is 16.0 Å². The van der Waals surface area contributed by atoms with Crippen molar-refractivity contribution in [3.05, 3.63) is 76.2 Å². The molecule has 0 radical (unpaired) electrons. The Bertz CT molecular complexity index is 920. The van der Waals surface area contributed by atoms with Crippen molar-refractivity contribution in [2.24, 2.45) is 10.2 Å². The Morgan fingerprint density at radius 3 is 2.25 bits per heavy atom. The van der Waals surface area contributed by atoms with Crippen LogP contribution in [0.5, 0.6) is 0 Å². The van der Waals surface area contributed by atoms with Gasteiger partial charge in [-0.25, -0.2) is 0 Å². The van der Waals surface area contributed by atoms with Gasteiger partial charge < -0.3 is 9.97 Å². The summed E-state index contributed by atoms with van der Waals surface area (Å²) in [5.74, 6) is 0.663. The molecule has 7 nitrogen and oxygen atoms in total. The number of nitro benzene ring substituents is 1. The molecule has 0 fully saturated rings. The Hall–Kier alpha value is -3.22. The number of hydrogen-bond donors (Lipinski definition) is 2. The third-order valence-corrected chi connectivity index (χ3v) is 4.99. The molecule has 28 heavy (non-hydrogen) atoms. The van der Waals surface area contributed by atoms with Crippen molar-refractivity contribution in [1.82, 2.24) is 9.97 Å². The normalized spacial score (nSPS) is 11.9. The number of non-ortho nitro benzene ring substituents is 1. The van der Waals surface area contributed by atoms with Crippen molar-refractivity contribution in [3.63, 3.8) is 0 Å². The standard InChI is InChI=1S/C21H25N5O2/c1-3-13-21(14-4-2,18-6-5-15-22-18)19-11-12-20(23-19)25-24-16-7-9-17(10-8-16)26(27)28/h5-12,15,22-23H,3-4,13-14H2,1-2H3. The van der Waals surface area contributed by atoms with Gasteiger partial charge in [0.25, 0.3) is 5.69 Å². The summed E-state index contributed by atoms with van der Waals surface area (Å²) in [5.41, 5.74) is 2.83. The molecule has 0 saturated carbocycles. The predicted octanol–water partition coefficient (Wildman–Crippen LogP) is 6.55. The molecular formula is C21H25N5O2. The van der Waals surface area contributed by atoms with E-state index in [1.165, 1.54) is 17.8 Å². The lowest BCUT2D eigenvalue weighted by Gasteiger charge is -2.32. The maximum absolute atomic E-state index is 10.7. The third kappa shape index (κ3) is 4.03. The highest BCUT2D eigenvalue weighted by atomic mass is 16.6. The lowest BCUT2D eigenvalue weighted by Crippen LogP contribution is -2.28. The zero-order valence-corrected chi connectivity index (χ0v) is 16.2. The molecule has 2 N–H and O–H groups in total. The summed E-state index contributed by atoms with van der Waals surface area (Å²) in [6.45, 7) is 4.40. The zero-order chi connectivity index (χ0) is 20.0. The summed E-state index contributed by atoms with van der Waals surface area (Å²) < 4.78 is 0. The highest BCUT2D eigenvalue weighted by molar-refractivity contribution is 5.45. The maximum atomic E-state index is 10.7. The van der Waals surface area contributed by atoms with Gasteiger partial charge in [-0.2, -0.15) is 0 Å². The van der Waals surface area contributed by atoms with Crippen LogP contribution >= 0.6 is 0 Å². The molecule has 0 atom stereocenters. The number of nitrogens with zero attached hydrogens (tertiary/aromatic N) is 3. The average molecular weight is 379 g/mol. The highest BCUT2D eigenvalue weighted by Crippen LogP contribution is 2.40. The number of nitrogens with one attached hydrogen (secondary N) is 2. The van der Waals surface area contributed by atoms with Crippen LogP contribution in [0.3, 0.4) is 0 Å². The molecule has 3 aromatic rings. The molecule has 0 aliphatic rings. The van der Waals surface area contributed by atoms with Gasteiger partial charge >= 0.3 is 0 Å². The van der Waals surface area contributed by atoms with Gasteiger partial charge in [0.2, 0.25) is 0 Å². The number of rotatable bonds is 9. The predicted molar refractivity (Wildman–Crippen MR) is 109 cm³/mol. The highest BCUT2D eigenvalue weighted by Gasteiger charge is 2.34. The van der Waals surface area contributed by atoms with Crippen LogP contribution in [0.2, 0.25) is 0 Å². The fourth-order valence-electron chi connectivity index (χ4n) is 3.76. The Kier molecular flexibility index (Phi) is 6.03. The molecule has 2 heterocycles. The van der Waals surface area contributed by atoms with Crippen molar-refractivity contribution >= 4 is 17.2 Å². The number of H-pyrrole nitrogens is 2. The lowest BCUT2D eigenvalue weighted by atomic mass is 9.74. The van der Waals surface area contributed by atoms with E-state index in [-0.39, 0.29) is 11.1 Å². The molecule has 146 valence electrons. The SMILES string of the molecule is CCCC(CCC)(c1ccc[nH]1)c1ccc(N=Nc2ccc([N+](=O)[O-])cc2)[nH]1. The maximum Gasteiger partial charge on any atom is 0.269 e. The molecule has 0 spiro atoms. The van der Waals surface area contributed by atoms with E-state index in [0.29, 0.717) is 11.5 Å². The third-order valence-electron chi connectivity index (χ3n) is 4.99. The fourth-order valence-corrected chi connectivity index (χ4v) is 3.76. The van der Waals surface area contributed by atoms with Crippen molar-refractivity contribution < 1.29 is 4.92 Å². The van der Waals surface area contributed by atoms with Crippen LogP contribution < -0.4 is 0 Å². The molecule has 7 heteroatoms. The quantitative estimate of drug-likeness (QED) is 0.250. The minimum absolute atomic E-state index is 0.0379. The van der Waals surface area contributed by atoms with E-state index >= 15 is 0 Å². The lowest BCUT2D eigenvalue weighted by molar-refractivity contribution is -0.384. The molecule has 0 unspecified atom stereocenters. The van der Waals surface area contributed by atoms with Gasteiger partial charge in [-0.15, -0.1) is 10.2 Å². The van der Waals surface area contributed by atoms with Crippen molar-refractivity contribution in [2.45, 2.75) is 44.9 Å². The summed E-state index contributed by atoms with van der Waals surface area (Å²) in [4.78, 5) is 17.1. The summed E-state index contributed by atoms with van der Waals surface area (Å²) in [6.07, 6.45) is 6.16. The second kappa shape index (κ2) is 8.65. The van der Waals surface area contributed by atoms with E-state index in [1.54, 1.807) is 12.1 Å². The van der Waals surface area contributed by atoms with Crippen molar-refractivity contribution in [2.75, 3.05) is 0 Å². The van der Waals surface area contributed by atoms with Gasteiger partial charge in [0, 0.05) is 29.7 Å². The Balaban J connectivity index is 1.87. The van der Waals surface area contributed by atoms with Gasteiger partial charge in [-0.3, -0.25) is 10.1 Å². The van der Waals surface area contributed by atoms with E-state index in [4.69, 9.17) is 0 Å². The number of nitro groups is 1. The number of aromatic amines is 2. The van der Waals surface area contributed by atoms with Crippen LogP contribution in [0.15, 0.2) is 65.0 Å². The summed E-state index contributed by atoms with van der Waals surface area (Å²) in [7, 11) is 0. The van der Waals surface area contributed by atoms with Crippen LogP contribution in [-0.4, -0.2) is 14.9 Å². The summed E-state index contributed by atoms with van der Waals surface area (Å²) in [6, 6.07) is 14.2. The second-order valence-electron chi connectivity index (χ2n) is 6.90. The van der Waals surface area contributed by atoms with Crippen LogP contribution in [0.25, 0.3) is 0 Å². The minimum Gasteiger partial charge on any atom is -0.364 e. The molecule has 0 aliphatic heterocycles. The number of aromatic nitrogens is 2. The molecule has 0 saturated heterocycles. The van der Waals surface area contributed by atoms with Crippen molar-refractivity contribution in [1.29, 1.82) is 0 Å². The van der Waals surface area contributed by atoms with Crippen molar-refractivity contribution in [3.8, 4) is 0 Å². The van der Waals surface area contributed by atoms with Gasteiger partial charge in [-0.1, -0.05) is 26.7 Å². The first kappa shape index (κ1) is 19.5. The van der Waals surface area contributed by atoms with Crippen LogP contribution in [0, 0.1) is 10.1 Å². The summed E-state index contributed by atoms with van der Waals surface area (Å²) >= 11 is 0. The molecule has 1 aromatic carbocycles. The van der Waals surface area contributed by atoms with Gasteiger partial charge in [0.1, 0.15) is 0 Å². The molecule has 2 aromatic heterocycles. The molecule has 0 amide bonds. The number of azo groups is 1. The molecular weight excluding hydrogens is 354 g/mol. The van der Waals surface area contributed by atoms with E-state index in [9.17, 15) is 10.1 Å². The number of benzene rings is 1. The second-order valence-corrected chi connectivity index (χ2v) is 6.90. The monoisotopic (exact) mass is 379 g/mol. The van der Waals surface area contributed by atoms with Gasteiger partial charge in [-0.05, 0) is 49.2 Å². The van der Waals surface area contributed by atoms with E-state index < -0.39 is 4.92 Å². The first-order valence-electron chi connectivity index (χ1n) is 9.58. The van der Waals surface area contributed by atoms with E-state index in [2.05, 4.69) is 46.2 Å². The molecule has 0 aliphatic carbocycles. The largest absolute Gasteiger partial charge is 0.364 e. The topological polar surface area (TPSA) is 99.4 Å². The summed E-state index contributed by atoms with van der Waals surface area (Å²) in [5, 5.41) is 19.2. The average Bonchev–Trinajstić information content (AvgIpc) is 3.39. The van der Waals surface area contributed by atoms with Crippen LogP contribution in [0.4, 0.5) is 17.2 Å². The Labute approximate surface area is 164 Å². The smallest absolute Gasteiger partial charge is 0.269 e. The Morgan fingerprint density at radius 2 is 1.68 bits per heavy atom. The molecule has 3 rings (SSSR count). The first-order valence-corrected chi connectivity index (χ1v) is 9.58. The van der Waals surface area contributed by atoms with E-state index in [1.807, 2.05) is 18.3 Å². The fraction of sp³-hybridized carbons (Fsp3) is 0.333. The van der Waals surface area contributed by atoms with Crippen LogP contribution in [-0.2, 0) is 5.41 Å². The van der Waals surface area contributed by atoms with Gasteiger partial charge in [0.15, 0.2) is 5.82 Å². The van der Waals surface area contributed by atoms with E-state index in [0.717, 1.165) is 31.4 Å². The molecule has 0 bridgehead atoms.